The Bertz CT molecular complexity index is 398. The van der Waals surface area contributed by atoms with Crippen molar-refractivity contribution in [2.75, 3.05) is 6.61 Å². The molecule has 0 amide bonds. The van der Waals surface area contributed by atoms with Crippen molar-refractivity contribution in [3.05, 3.63) is 29.8 Å². The summed E-state index contributed by atoms with van der Waals surface area (Å²) in [6, 6.07) is 8.01. The number of hydrogen-bond acceptors (Lipinski definition) is 3. The van der Waals surface area contributed by atoms with E-state index in [2.05, 4.69) is 19.1 Å². The lowest BCUT2D eigenvalue weighted by Gasteiger charge is -2.18. The van der Waals surface area contributed by atoms with Crippen LogP contribution in [0.3, 0.4) is 0 Å². The first-order valence-electron chi connectivity index (χ1n) is 6.69. The quantitative estimate of drug-likeness (QED) is 0.709. The molecular formula is C15H23NO3. The second kappa shape index (κ2) is 7.14. The van der Waals surface area contributed by atoms with Crippen LogP contribution in [0.15, 0.2) is 24.3 Å². The van der Waals surface area contributed by atoms with Crippen LogP contribution in [0.5, 0.6) is 5.75 Å². The molecule has 0 spiro atoms. The van der Waals surface area contributed by atoms with Crippen LogP contribution >= 0.6 is 0 Å². The van der Waals surface area contributed by atoms with Crippen LogP contribution in [0, 0.1) is 0 Å². The minimum Gasteiger partial charge on any atom is -0.494 e. The van der Waals surface area contributed by atoms with Gasteiger partial charge in [-0.1, -0.05) is 25.5 Å². The third-order valence-electron chi connectivity index (χ3n) is 3.06. The van der Waals surface area contributed by atoms with Gasteiger partial charge < -0.3 is 15.6 Å². The minimum atomic E-state index is -1.17. The van der Waals surface area contributed by atoms with Crippen molar-refractivity contribution >= 4 is 5.97 Å². The fourth-order valence-electron chi connectivity index (χ4n) is 1.78. The Morgan fingerprint density at radius 2 is 2.00 bits per heavy atom. The summed E-state index contributed by atoms with van der Waals surface area (Å²) in [6.07, 6.45) is 3.22. The number of rotatable bonds is 8. The van der Waals surface area contributed by atoms with Crippen LogP contribution in [0.25, 0.3) is 0 Å². The van der Waals surface area contributed by atoms with Crippen LogP contribution in [-0.4, -0.2) is 23.2 Å². The number of ether oxygens (including phenoxy) is 1. The minimum absolute atomic E-state index is 0.399. The summed E-state index contributed by atoms with van der Waals surface area (Å²) in [5.74, 6) is -0.162. The third-order valence-corrected chi connectivity index (χ3v) is 3.06. The summed E-state index contributed by atoms with van der Waals surface area (Å²) < 4.78 is 5.57. The Labute approximate surface area is 114 Å². The topological polar surface area (TPSA) is 72.5 Å². The van der Waals surface area contributed by atoms with Gasteiger partial charge in [-0.05, 0) is 43.9 Å². The fraction of sp³-hybridized carbons (Fsp3) is 0.533. The molecule has 1 aromatic rings. The molecule has 1 aromatic carbocycles. The Balaban J connectivity index is 2.31. The van der Waals surface area contributed by atoms with E-state index in [9.17, 15) is 4.79 Å². The van der Waals surface area contributed by atoms with Gasteiger partial charge in [0.05, 0.1) is 6.61 Å². The first-order chi connectivity index (χ1) is 8.95. The summed E-state index contributed by atoms with van der Waals surface area (Å²) in [7, 11) is 0. The molecule has 106 valence electrons. The van der Waals surface area contributed by atoms with E-state index < -0.39 is 11.5 Å². The first kappa shape index (κ1) is 15.5. The number of carbonyl (C=O) groups is 1. The fourth-order valence-corrected chi connectivity index (χ4v) is 1.78. The molecule has 0 aliphatic carbocycles. The highest BCUT2D eigenvalue weighted by Gasteiger charge is 2.26. The lowest BCUT2D eigenvalue weighted by atomic mass is 9.98. The van der Waals surface area contributed by atoms with E-state index in [0.29, 0.717) is 19.4 Å². The van der Waals surface area contributed by atoms with Crippen LogP contribution in [-0.2, 0) is 11.2 Å². The van der Waals surface area contributed by atoms with E-state index in [0.717, 1.165) is 18.6 Å². The van der Waals surface area contributed by atoms with E-state index in [4.69, 9.17) is 15.6 Å². The molecule has 4 heteroatoms. The molecule has 3 N–H and O–H groups in total. The number of aryl methyl sites for hydroxylation is 1. The van der Waals surface area contributed by atoms with Crippen molar-refractivity contribution in [3.8, 4) is 5.75 Å². The SMILES string of the molecule is CCCc1ccc(OCCCC(C)(N)C(=O)O)cc1. The predicted molar refractivity (Wildman–Crippen MR) is 75.4 cm³/mol. The number of benzene rings is 1. The Kier molecular flexibility index (Phi) is 5.83. The summed E-state index contributed by atoms with van der Waals surface area (Å²) in [6.45, 7) is 4.15. The Hall–Kier alpha value is -1.55. The van der Waals surface area contributed by atoms with Crippen molar-refractivity contribution in [1.29, 1.82) is 0 Å². The first-order valence-corrected chi connectivity index (χ1v) is 6.69. The molecule has 0 aliphatic heterocycles. The lowest BCUT2D eigenvalue weighted by Crippen LogP contribution is -2.44. The zero-order valence-corrected chi connectivity index (χ0v) is 11.7. The number of carboxylic acid groups (broad SMARTS) is 1. The summed E-state index contributed by atoms with van der Waals surface area (Å²) >= 11 is 0. The van der Waals surface area contributed by atoms with Crippen LogP contribution in [0.4, 0.5) is 0 Å². The van der Waals surface area contributed by atoms with Crippen molar-refractivity contribution < 1.29 is 14.6 Å². The van der Waals surface area contributed by atoms with Crippen LogP contribution in [0.2, 0.25) is 0 Å². The maximum absolute atomic E-state index is 10.8. The molecule has 0 aliphatic rings. The van der Waals surface area contributed by atoms with Gasteiger partial charge in [0.1, 0.15) is 11.3 Å². The number of nitrogens with two attached hydrogens (primary N) is 1. The van der Waals surface area contributed by atoms with E-state index in [-0.39, 0.29) is 0 Å². The average molecular weight is 265 g/mol. The van der Waals surface area contributed by atoms with Crippen molar-refractivity contribution in [2.45, 2.75) is 45.1 Å². The van der Waals surface area contributed by atoms with Gasteiger partial charge in [-0.15, -0.1) is 0 Å². The summed E-state index contributed by atoms with van der Waals surface area (Å²) in [5, 5.41) is 8.87. The number of carboxylic acids is 1. The molecule has 1 unspecified atom stereocenters. The van der Waals surface area contributed by atoms with Gasteiger partial charge in [-0.2, -0.15) is 0 Å². The molecule has 0 radical (unpaired) electrons. The standard InChI is InChI=1S/C15H23NO3/c1-3-5-12-6-8-13(9-7-12)19-11-4-10-15(2,16)14(17)18/h6-9H,3-5,10-11,16H2,1-2H3,(H,17,18). The van der Waals surface area contributed by atoms with Crippen molar-refractivity contribution in [2.24, 2.45) is 5.73 Å². The lowest BCUT2D eigenvalue weighted by molar-refractivity contribution is -0.142. The number of aliphatic carboxylic acids is 1. The van der Waals surface area contributed by atoms with E-state index in [1.807, 2.05) is 12.1 Å². The molecule has 0 saturated heterocycles. The third kappa shape index (κ3) is 5.30. The Morgan fingerprint density at radius 3 is 2.53 bits per heavy atom. The van der Waals surface area contributed by atoms with Crippen LogP contribution < -0.4 is 10.5 Å². The maximum Gasteiger partial charge on any atom is 0.323 e. The molecule has 1 atom stereocenters. The van der Waals surface area contributed by atoms with E-state index in [1.165, 1.54) is 12.5 Å². The van der Waals surface area contributed by atoms with Gasteiger partial charge >= 0.3 is 5.97 Å². The maximum atomic E-state index is 10.8. The molecule has 19 heavy (non-hydrogen) atoms. The molecule has 0 fully saturated rings. The van der Waals surface area contributed by atoms with Gasteiger partial charge in [-0.25, -0.2) is 0 Å². The molecule has 1 rings (SSSR count). The molecular weight excluding hydrogens is 242 g/mol. The molecule has 0 aromatic heterocycles. The monoisotopic (exact) mass is 265 g/mol. The Morgan fingerprint density at radius 1 is 1.37 bits per heavy atom. The number of hydrogen-bond donors (Lipinski definition) is 2. The van der Waals surface area contributed by atoms with Crippen LogP contribution in [0.1, 0.15) is 38.7 Å². The van der Waals surface area contributed by atoms with Gasteiger partial charge in [0, 0.05) is 0 Å². The smallest absolute Gasteiger partial charge is 0.323 e. The molecule has 4 nitrogen and oxygen atoms in total. The second-order valence-electron chi connectivity index (χ2n) is 5.07. The highest BCUT2D eigenvalue weighted by molar-refractivity contribution is 5.77. The molecule has 0 saturated carbocycles. The van der Waals surface area contributed by atoms with Crippen molar-refractivity contribution in [3.63, 3.8) is 0 Å². The normalized spacial score (nSPS) is 13.8. The van der Waals surface area contributed by atoms with Gasteiger partial charge in [0.25, 0.3) is 0 Å². The second-order valence-corrected chi connectivity index (χ2v) is 5.07. The van der Waals surface area contributed by atoms with E-state index in [1.54, 1.807) is 0 Å². The zero-order chi connectivity index (χ0) is 14.3. The summed E-state index contributed by atoms with van der Waals surface area (Å²) in [5.41, 5.74) is 5.77. The molecule has 0 bridgehead atoms. The van der Waals surface area contributed by atoms with Gasteiger partial charge in [0.2, 0.25) is 0 Å². The zero-order valence-electron chi connectivity index (χ0n) is 11.7. The molecule has 0 heterocycles. The highest BCUT2D eigenvalue weighted by atomic mass is 16.5. The largest absolute Gasteiger partial charge is 0.494 e. The van der Waals surface area contributed by atoms with Gasteiger partial charge in [0.15, 0.2) is 0 Å². The van der Waals surface area contributed by atoms with Crippen molar-refractivity contribution in [1.82, 2.24) is 0 Å². The summed E-state index contributed by atoms with van der Waals surface area (Å²) in [4.78, 5) is 10.8. The van der Waals surface area contributed by atoms with E-state index >= 15 is 0 Å². The average Bonchev–Trinajstić information content (AvgIpc) is 2.37. The van der Waals surface area contributed by atoms with Gasteiger partial charge in [-0.3, -0.25) is 4.79 Å². The highest BCUT2D eigenvalue weighted by Crippen LogP contribution is 2.15. The predicted octanol–water partition coefficient (Wildman–Crippen LogP) is 2.60.